The van der Waals surface area contributed by atoms with Gasteiger partial charge in [0.15, 0.2) is 0 Å². The molecule has 0 radical (unpaired) electrons. The van der Waals surface area contributed by atoms with Crippen molar-refractivity contribution in [2.75, 3.05) is 0 Å². The Labute approximate surface area is 126 Å². The number of benzene rings is 1. The zero-order valence-electron chi connectivity index (χ0n) is 11.1. The van der Waals surface area contributed by atoms with Crippen molar-refractivity contribution in [2.45, 2.75) is 31.3 Å². The lowest BCUT2D eigenvalue weighted by molar-refractivity contribution is -0.138. The maximum Gasteiger partial charge on any atom is 0.416 e. The summed E-state index contributed by atoms with van der Waals surface area (Å²) in [6, 6.07) is 4.76. The third kappa shape index (κ3) is 4.65. The molecule has 9 heteroatoms. The van der Waals surface area contributed by atoms with Crippen molar-refractivity contribution < 1.29 is 21.6 Å². The lowest BCUT2D eigenvalue weighted by Crippen LogP contribution is -2.41. The molecule has 1 atom stereocenters. The monoisotopic (exact) mass is 340 g/mol. The Morgan fingerprint density at radius 1 is 1.38 bits per heavy atom. The summed E-state index contributed by atoms with van der Waals surface area (Å²) < 4.78 is 64.5. The molecule has 0 aromatic heterocycles. The predicted octanol–water partition coefficient (Wildman–Crippen LogP) is 2.19. The fourth-order valence-electron chi connectivity index (χ4n) is 1.80. The first kappa shape index (κ1) is 17.9. The average molecular weight is 340 g/mol. The molecule has 1 aromatic rings. The van der Waals surface area contributed by atoms with E-state index in [-0.39, 0.29) is 17.0 Å². The Morgan fingerprint density at radius 3 is 2.43 bits per heavy atom. The van der Waals surface area contributed by atoms with E-state index in [1.54, 1.807) is 6.92 Å². The molecule has 1 aromatic carbocycles. The molecule has 0 saturated heterocycles. The molecular weight excluding hydrogens is 325 g/mol. The fraction of sp³-hybridized carbons (Fsp3) is 0.417. The summed E-state index contributed by atoms with van der Waals surface area (Å²) in [5.74, 6) is 0. The predicted molar refractivity (Wildman–Crippen MR) is 78.1 cm³/mol. The molecule has 0 amide bonds. The molecule has 21 heavy (non-hydrogen) atoms. The Bertz CT molecular complexity index is 615. The zero-order valence-corrected chi connectivity index (χ0v) is 12.8. The minimum atomic E-state index is -4.55. The maximum absolute atomic E-state index is 12.8. The number of nitrogens with two attached hydrogens (primary N) is 1. The van der Waals surface area contributed by atoms with Gasteiger partial charge in [-0.15, -0.1) is 0 Å². The minimum absolute atomic E-state index is 0.144. The first-order chi connectivity index (χ1) is 9.59. The molecule has 0 spiro atoms. The van der Waals surface area contributed by atoms with Crippen LogP contribution in [0.15, 0.2) is 24.3 Å². The molecule has 3 N–H and O–H groups in total. The van der Waals surface area contributed by atoms with Gasteiger partial charge in [-0.05, 0) is 18.1 Å². The number of nitrogens with one attached hydrogen (secondary N) is 1. The van der Waals surface area contributed by atoms with Crippen molar-refractivity contribution in [2.24, 2.45) is 5.73 Å². The Hall–Kier alpha value is -1.19. The molecule has 0 heterocycles. The van der Waals surface area contributed by atoms with E-state index in [2.05, 4.69) is 16.9 Å². The van der Waals surface area contributed by atoms with E-state index in [1.807, 2.05) is 0 Å². The Morgan fingerprint density at radius 2 is 1.95 bits per heavy atom. The van der Waals surface area contributed by atoms with Gasteiger partial charge in [0.05, 0.1) is 10.6 Å². The van der Waals surface area contributed by atoms with Crippen LogP contribution in [0, 0.1) is 0 Å². The van der Waals surface area contributed by atoms with E-state index in [0.29, 0.717) is 0 Å². The number of hydrogen-bond donors (Lipinski definition) is 2. The molecule has 4 nitrogen and oxygen atoms in total. The van der Waals surface area contributed by atoms with Gasteiger partial charge in [-0.3, -0.25) is 0 Å². The molecule has 1 rings (SSSR count). The quantitative estimate of drug-likeness (QED) is 0.779. The van der Waals surface area contributed by atoms with Gasteiger partial charge < -0.3 is 5.73 Å². The highest BCUT2D eigenvalue weighted by atomic mass is 32.2. The number of hydrogen-bond acceptors (Lipinski definition) is 3. The van der Waals surface area contributed by atoms with Gasteiger partial charge in [-0.2, -0.15) is 13.2 Å². The number of sulfonamides is 1. The number of thiocarbonyl (C=S) groups is 1. The standard InChI is InChI=1S/C12H15F3N2O2S2/c1-2-10(11(16)20)21(18,19)17-7-8-5-3-4-6-9(8)12(13,14)15/h3-6,10,17H,2,7H2,1H3,(H2,16,20). The maximum atomic E-state index is 12.8. The van der Waals surface area contributed by atoms with Crippen LogP contribution in [-0.2, 0) is 22.7 Å². The van der Waals surface area contributed by atoms with Crippen molar-refractivity contribution in [3.05, 3.63) is 35.4 Å². The van der Waals surface area contributed by atoms with Gasteiger partial charge in [0.1, 0.15) is 5.25 Å². The molecule has 0 aliphatic carbocycles. The summed E-state index contributed by atoms with van der Waals surface area (Å²) >= 11 is 4.66. The van der Waals surface area contributed by atoms with Crippen molar-refractivity contribution >= 4 is 27.2 Å². The third-order valence-electron chi connectivity index (χ3n) is 2.85. The van der Waals surface area contributed by atoms with Crippen LogP contribution in [0.1, 0.15) is 24.5 Å². The molecule has 0 aliphatic heterocycles. The molecule has 0 saturated carbocycles. The molecular formula is C12H15F3N2O2S2. The first-order valence-corrected chi connectivity index (χ1v) is 7.98. The second kappa shape index (κ2) is 6.71. The summed E-state index contributed by atoms with van der Waals surface area (Å²) in [4.78, 5) is -0.214. The Balaban J connectivity index is 2.97. The molecule has 1 unspecified atom stereocenters. The second-order valence-corrected chi connectivity index (χ2v) is 6.74. The number of alkyl halides is 3. The van der Waals surface area contributed by atoms with Crippen molar-refractivity contribution in [1.82, 2.24) is 4.72 Å². The van der Waals surface area contributed by atoms with Gasteiger partial charge in [0.2, 0.25) is 10.0 Å². The van der Waals surface area contributed by atoms with Crippen molar-refractivity contribution in [1.29, 1.82) is 0 Å². The van der Waals surface area contributed by atoms with Crippen molar-refractivity contribution in [3.8, 4) is 0 Å². The molecule has 118 valence electrons. The smallest absolute Gasteiger partial charge is 0.392 e. The molecule has 0 fully saturated rings. The van der Waals surface area contributed by atoms with E-state index in [1.165, 1.54) is 18.2 Å². The summed E-state index contributed by atoms with van der Waals surface area (Å²) in [5, 5.41) is -1.11. The van der Waals surface area contributed by atoms with Gasteiger partial charge in [-0.25, -0.2) is 13.1 Å². The van der Waals surface area contributed by atoms with E-state index >= 15 is 0 Å². The van der Waals surface area contributed by atoms with E-state index in [4.69, 9.17) is 5.73 Å². The van der Waals surface area contributed by atoms with Crippen LogP contribution >= 0.6 is 12.2 Å². The van der Waals surface area contributed by atoms with Crippen LogP contribution in [0.2, 0.25) is 0 Å². The lowest BCUT2D eigenvalue weighted by atomic mass is 10.1. The zero-order chi connectivity index (χ0) is 16.3. The van der Waals surface area contributed by atoms with Gasteiger partial charge >= 0.3 is 6.18 Å². The highest BCUT2D eigenvalue weighted by molar-refractivity contribution is 7.93. The SMILES string of the molecule is CCC(C(N)=S)S(=O)(=O)NCc1ccccc1C(F)(F)F. The molecule has 0 bridgehead atoms. The fourth-order valence-corrected chi connectivity index (χ4v) is 3.65. The van der Waals surface area contributed by atoms with Crippen LogP contribution in [0.25, 0.3) is 0 Å². The van der Waals surface area contributed by atoms with Crippen LogP contribution in [0.3, 0.4) is 0 Å². The third-order valence-corrected chi connectivity index (χ3v) is 5.17. The normalized spacial score (nSPS) is 13.9. The van der Waals surface area contributed by atoms with Crippen LogP contribution < -0.4 is 10.5 Å². The first-order valence-electron chi connectivity index (χ1n) is 6.02. The topological polar surface area (TPSA) is 72.2 Å². The van der Waals surface area contributed by atoms with Crippen LogP contribution in [-0.4, -0.2) is 18.7 Å². The highest BCUT2D eigenvalue weighted by Crippen LogP contribution is 2.31. The van der Waals surface area contributed by atoms with Crippen LogP contribution in [0.5, 0.6) is 0 Å². The summed E-state index contributed by atoms with van der Waals surface area (Å²) in [5.41, 5.74) is 4.29. The lowest BCUT2D eigenvalue weighted by Gasteiger charge is -2.17. The average Bonchev–Trinajstić information content (AvgIpc) is 2.35. The van der Waals surface area contributed by atoms with Gasteiger partial charge in [-0.1, -0.05) is 37.3 Å². The number of halogens is 3. The van der Waals surface area contributed by atoms with E-state index < -0.39 is 33.6 Å². The van der Waals surface area contributed by atoms with Crippen LogP contribution in [0.4, 0.5) is 13.2 Å². The molecule has 0 aliphatic rings. The second-order valence-electron chi connectivity index (χ2n) is 4.32. The summed E-state index contributed by atoms with van der Waals surface area (Å²) in [7, 11) is -3.92. The van der Waals surface area contributed by atoms with E-state index in [9.17, 15) is 21.6 Å². The van der Waals surface area contributed by atoms with Gasteiger partial charge in [0.25, 0.3) is 0 Å². The van der Waals surface area contributed by atoms with E-state index in [0.717, 1.165) is 6.07 Å². The van der Waals surface area contributed by atoms with Gasteiger partial charge in [0, 0.05) is 6.54 Å². The largest absolute Gasteiger partial charge is 0.416 e. The summed E-state index contributed by atoms with van der Waals surface area (Å²) in [6.45, 7) is 1.10. The minimum Gasteiger partial charge on any atom is -0.392 e. The summed E-state index contributed by atoms with van der Waals surface area (Å²) in [6.07, 6.45) is -4.40. The highest BCUT2D eigenvalue weighted by Gasteiger charge is 2.33. The Kier molecular flexibility index (Phi) is 5.71. The number of rotatable bonds is 6. The van der Waals surface area contributed by atoms with Crippen molar-refractivity contribution in [3.63, 3.8) is 0 Å².